The molecule has 3 nitrogen and oxygen atoms in total. The predicted molar refractivity (Wildman–Crippen MR) is 132 cm³/mol. The Balaban J connectivity index is -0.000000125. The highest BCUT2D eigenvalue weighted by molar-refractivity contribution is 4.71. The third-order valence-electron chi connectivity index (χ3n) is 3.71. The van der Waals surface area contributed by atoms with Gasteiger partial charge >= 0.3 is 0 Å². The monoisotopic (exact) mass is 391 g/mol. The van der Waals surface area contributed by atoms with Crippen LogP contribution in [-0.4, -0.2) is 74.6 Å². The van der Waals surface area contributed by atoms with Gasteiger partial charge < -0.3 is 14.7 Å². The van der Waals surface area contributed by atoms with E-state index < -0.39 is 0 Å². The SMILES string of the molecule is CC.CC.CC.CC.CCC.CCN(C)CCC(C)CN1CCN(C)CC1. The molecular weight excluding hydrogens is 330 g/mol. The number of rotatable bonds is 6. The van der Waals surface area contributed by atoms with Gasteiger partial charge in [0, 0.05) is 32.7 Å². The van der Waals surface area contributed by atoms with E-state index in [2.05, 4.69) is 56.5 Å². The first-order chi connectivity index (χ1) is 13.0. The van der Waals surface area contributed by atoms with Crippen LogP contribution in [0.25, 0.3) is 0 Å². The minimum Gasteiger partial charge on any atom is -0.307 e. The van der Waals surface area contributed by atoms with Crippen LogP contribution < -0.4 is 0 Å². The van der Waals surface area contributed by atoms with Crippen molar-refractivity contribution in [1.29, 1.82) is 0 Å². The molecule has 1 heterocycles. The lowest BCUT2D eigenvalue weighted by molar-refractivity contribution is 0.134. The van der Waals surface area contributed by atoms with Crippen LogP contribution in [0.3, 0.4) is 0 Å². The Morgan fingerprint density at radius 1 is 0.778 bits per heavy atom. The number of piperazine rings is 1. The Kier molecular flexibility index (Phi) is 51.2. The summed E-state index contributed by atoms with van der Waals surface area (Å²) in [5.41, 5.74) is 0. The van der Waals surface area contributed by atoms with Gasteiger partial charge in [-0.25, -0.2) is 0 Å². The molecule has 1 saturated heterocycles. The first-order valence-corrected chi connectivity index (χ1v) is 12.1. The largest absolute Gasteiger partial charge is 0.307 e. The van der Waals surface area contributed by atoms with E-state index in [0.717, 1.165) is 5.92 Å². The van der Waals surface area contributed by atoms with Crippen LogP contribution in [0.1, 0.15) is 95.9 Å². The highest BCUT2D eigenvalue weighted by atomic mass is 15.2. The summed E-state index contributed by atoms with van der Waals surface area (Å²) in [4.78, 5) is 7.45. The molecule has 3 heteroatoms. The zero-order valence-electron chi connectivity index (χ0n) is 22.3. The summed E-state index contributed by atoms with van der Waals surface area (Å²) >= 11 is 0. The standard InChI is InChI=1S/C13H29N3.C3H8.4C2H6/c1-5-14(3)7-6-13(2)12-16-10-8-15(4)9-11-16;1-3-2;4*1-2/h13H,5-12H2,1-4H3;3H2,1-2H3;4*1-2H3. The highest BCUT2D eigenvalue weighted by Gasteiger charge is 2.15. The molecule has 0 aromatic rings. The molecule has 0 radical (unpaired) electrons. The highest BCUT2D eigenvalue weighted by Crippen LogP contribution is 2.08. The average Bonchev–Trinajstić information content (AvgIpc) is 2.74. The van der Waals surface area contributed by atoms with Crippen molar-refractivity contribution in [3.05, 3.63) is 0 Å². The Bertz CT molecular complexity index is 190. The van der Waals surface area contributed by atoms with Gasteiger partial charge in [0.2, 0.25) is 0 Å². The van der Waals surface area contributed by atoms with Gasteiger partial charge in [-0.3, -0.25) is 0 Å². The summed E-state index contributed by atoms with van der Waals surface area (Å²) < 4.78 is 0. The fourth-order valence-corrected chi connectivity index (χ4v) is 2.16. The van der Waals surface area contributed by atoms with Gasteiger partial charge in [-0.2, -0.15) is 0 Å². The molecule has 0 amide bonds. The van der Waals surface area contributed by atoms with E-state index in [4.69, 9.17) is 0 Å². The molecule has 1 aliphatic rings. The second-order valence-electron chi connectivity index (χ2n) is 6.10. The fraction of sp³-hybridized carbons (Fsp3) is 1.00. The van der Waals surface area contributed by atoms with Gasteiger partial charge in [-0.15, -0.1) is 0 Å². The smallest absolute Gasteiger partial charge is 0.0110 e. The van der Waals surface area contributed by atoms with Gasteiger partial charge in [0.1, 0.15) is 0 Å². The van der Waals surface area contributed by atoms with E-state index in [1.54, 1.807) is 0 Å². The van der Waals surface area contributed by atoms with Crippen molar-refractivity contribution in [1.82, 2.24) is 14.7 Å². The zero-order valence-corrected chi connectivity index (χ0v) is 22.3. The normalized spacial score (nSPS) is 14.3. The molecule has 0 spiro atoms. The molecule has 1 aliphatic heterocycles. The van der Waals surface area contributed by atoms with Crippen molar-refractivity contribution in [2.75, 3.05) is 59.9 Å². The number of nitrogens with zero attached hydrogens (tertiary/aromatic N) is 3. The van der Waals surface area contributed by atoms with Gasteiger partial charge in [0.15, 0.2) is 0 Å². The maximum Gasteiger partial charge on any atom is 0.0110 e. The molecular formula is C24H61N3. The third kappa shape index (κ3) is 33.9. The summed E-state index contributed by atoms with van der Waals surface area (Å²) in [5.74, 6) is 0.831. The summed E-state index contributed by atoms with van der Waals surface area (Å²) in [6, 6.07) is 0. The fourth-order valence-electron chi connectivity index (χ4n) is 2.16. The Morgan fingerprint density at radius 3 is 1.48 bits per heavy atom. The van der Waals surface area contributed by atoms with Crippen molar-refractivity contribution in [2.24, 2.45) is 5.92 Å². The van der Waals surface area contributed by atoms with E-state index in [1.807, 2.05) is 55.4 Å². The Labute approximate surface area is 176 Å². The second-order valence-corrected chi connectivity index (χ2v) is 6.10. The van der Waals surface area contributed by atoms with Gasteiger partial charge in [-0.05, 0) is 39.5 Å². The van der Waals surface area contributed by atoms with Gasteiger partial charge in [0.05, 0.1) is 0 Å². The van der Waals surface area contributed by atoms with E-state index in [1.165, 1.54) is 58.7 Å². The molecule has 1 fully saturated rings. The maximum atomic E-state index is 2.62. The number of likely N-dealkylation sites (N-methyl/N-ethyl adjacent to an activating group) is 1. The first-order valence-electron chi connectivity index (χ1n) is 12.1. The predicted octanol–water partition coefficient (Wildman–Crippen LogP) is 6.73. The topological polar surface area (TPSA) is 9.72 Å². The molecule has 1 atom stereocenters. The average molecular weight is 392 g/mol. The lowest BCUT2D eigenvalue weighted by Crippen LogP contribution is -2.46. The summed E-state index contributed by atoms with van der Waals surface area (Å²) in [5, 5.41) is 0. The minimum absolute atomic E-state index is 0.831. The minimum atomic E-state index is 0.831. The van der Waals surface area contributed by atoms with Crippen molar-refractivity contribution in [3.8, 4) is 0 Å². The van der Waals surface area contributed by atoms with E-state index in [0.29, 0.717) is 0 Å². The van der Waals surface area contributed by atoms with Crippen molar-refractivity contribution < 1.29 is 0 Å². The van der Waals surface area contributed by atoms with Crippen LogP contribution in [0.4, 0.5) is 0 Å². The molecule has 0 aromatic heterocycles. The van der Waals surface area contributed by atoms with Gasteiger partial charge in [-0.1, -0.05) is 89.5 Å². The van der Waals surface area contributed by atoms with Crippen LogP contribution in [0.15, 0.2) is 0 Å². The lowest BCUT2D eigenvalue weighted by atomic mass is 10.1. The molecule has 1 unspecified atom stereocenters. The van der Waals surface area contributed by atoms with Gasteiger partial charge in [0.25, 0.3) is 0 Å². The Morgan fingerprint density at radius 2 is 1.15 bits per heavy atom. The van der Waals surface area contributed by atoms with Crippen LogP contribution in [-0.2, 0) is 0 Å². The summed E-state index contributed by atoms with van der Waals surface area (Å²) in [6.07, 6.45) is 2.58. The van der Waals surface area contributed by atoms with E-state index >= 15 is 0 Å². The van der Waals surface area contributed by atoms with Crippen LogP contribution >= 0.6 is 0 Å². The van der Waals surface area contributed by atoms with Crippen LogP contribution in [0.2, 0.25) is 0 Å². The number of hydrogen-bond acceptors (Lipinski definition) is 3. The summed E-state index contributed by atoms with van der Waals surface area (Å²) in [7, 11) is 4.43. The zero-order chi connectivity index (χ0) is 22.7. The second kappa shape index (κ2) is 36.7. The van der Waals surface area contributed by atoms with Crippen LogP contribution in [0, 0.1) is 5.92 Å². The molecule has 27 heavy (non-hydrogen) atoms. The molecule has 1 rings (SSSR count). The maximum absolute atomic E-state index is 2.62. The van der Waals surface area contributed by atoms with Crippen molar-refractivity contribution in [2.45, 2.75) is 95.9 Å². The molecule has 0 bridgehead atoms. The van der Waals surface area contributed by atoms with E-state index in [9.17, 15) is 0 Å². The molecule has 0 aromatic carbocycles. The summed E-state index contributed by atoms with van der Waals surface area (Å²) in [6.45, 7) is 33.5. The first kappa shape index (κ1) is 37.6. The van der Waals surface area contributed by atoms with Crippen molar-refractivity contribution in [3.63, 3.8) is 0 Å². The molecule has 0 aliphatic carbocycles. The third-order valence-corrected chi connectivity index (χ3v) is 3.71. The molecule has 0 N–H and O–H groups in total. The van der Waals surface area contributed by atoms with Crippen molar-refractivity contribution >= 4 is 0 Å². The quantitative estimate of drug-likeness (QED) is 0.497. The Hall–Kier alpha value is -0.120. The lowest BCUT2D eigenvalue weighted by Gasteiger charge is -2.34. The van der Waals surface area contributed by atoms with Crippen LogP contribution in [0.5, 0.6) is 0 Å². The van der Waals surface area contributed by atoms with E-state index in [-0.39, 0.29) is 0 Å². The molecule has 0 saturated carbocycles. The number of hydrogen-bond donors (Lipinski definition) is 0. The molecule has 172 valence electrons.